The van der Waals surface area contributed by atoms with Crippen molar-refractivity contribution in [3.8, 4) is 0 Å². The van der Waals surface area contributed by atoms with Gasteiger partial charge in [0.15, 0.2) is 0 Å². The van der Waals surface area contributed by atoms with Crippen LogP contribution < -0.4 is 4.90 Å². The van der Waals surface area contributed by atoms with Crippen LogP contribution in [0.4, 0.5) is 18.9 Å². The Kier molecular flexibility index (Phi) is 5.05. The average molecular weight is 371 g/mol. The predicted octanol–water partition coefficient (Wildman–Crippen LogP) is 6.07. The van der Waals surface area contributed by atoms with Gasteiger partial charge in [0.25, 0.3) is 0 Å². The van der Waals surface area contributed by atoms with E-state index in [4.69, 9.17) is 34.8 Å². The van der Waals surface area contributed by atoms with Crippen LogP contribution in [0.2, 0.25) is 0 Å². The summed E-state index contributed by atoms with van der Waals surface area (Å²) in [6.07, 6.45) is -2.75. The van der Waals surface area contributed by atoms with Gasteiger partial charge in [-0.05, 0) is 24.1 Å². The molecule has 1 atom stereocenters. The van der Waals surface area contributed by atoms with Gasteiger partial charge in [0.1, 0.15) is 0 Å². The highest BCUT2D eigenvalue weighted by molar-refractivity contribution is 6.48. The summed E-state index contributed by atoms with van der Waals surface area (Å²) in [4.78, 5) is 1.64. The van der Waals surface area contributed by atoms with E-state index in [1.54, 1.807) is 25.1 Å². The lowest BCUT2D eigenvalue weighted by molar-refractivity contribution is -0.138. The van der Waals surface area contributed by atoms with Crippen molar-refractivity contribution >= 4 is 40.5 Å². The molecular weight excluding hydrogens is 358 g/mol. The van der Waals surface area contributed by atoms with Crippen molar-refractivity contribution in [1.29, 1.82) is 0 Å². The van der Waals surface area contributed by atoms with Gasteiger partial charge in [0.2, 0.25) is 0 Å². The molecule has 0 aliphatic heterocycles. The van der Waals surface area contributed by atoms with E-state index in [9.17, 15) is 13.2 Å². The number of halogens is 6. The summed E-state index contributed by atoms with van der Waals surface area (Å²) in [5, 5.41) is 0.626. The minimum atomic E-state index is -4.46. The molecule has 7 heteroatoms. The monoisotopic (exact) mass is 369 g/mol. The Morgan fingerprint density at radius 2 is 1.77 bits per heavy atom. The second-order valence-corrected chi connectivity index (χ2v) is 6.42. The highest BCUT2D eigenvalue weighted by atomic mass is 35.5. The van der Waals surface area contributed by atoms with E-state index in [1.807, 2.05) is 0 Å². The Morgan fingerprint density at radius 3 is 2.27 bits per heavy atom. The van der Waals surface area contributed by atoms with Crippen molar-refractivity contribution in [1.82, 2.24) is 0 Å². The standard InChI is InChI=1S/C15H13Cl3F3N/c1-22(2)12-5-3-4-9(15(19,20)21)13(12)8-6-10(16)14(18)11(17)7-8/h3-6,8H,7H2,1-2H3. The summed E-state index contributed by atoms with van der Waals surface area (Å²) in [5.74, 6) is -0.585. The van der Waals surface area contributed by atoms with Crippen LogP contribution in [-0.4, -0.2) is 14.1 Å². The molecule has 0 amide bonds. The molecule has 0 N–H and O–H groups in total. The second kappa shape index (κ2) is 6.34. The smallest absolute Gasteiger partial charge is 0.377 e. The van der Waals surface area contributed by atoms with Gasteiger partial charge in [-0.15, -0.1) is 0 Å². The molecule has 0 heterocycles. The number of benzene rings is 1. The van der Waals surface area contributed by atoms with E-state index >= 15 is 0 Å². The number of allylic oxidation sites excluding steroid dienone is 4. The van der Waals surface area contributed by atoms with Gasteiger partial charge in [0, 0.05) is 30.7 Å². The van der Waals surface area contributed by atoms with Gasteiger partial charge >= 0.3 is 6.18 Å². The van der Waals surface area contributed by atoms with Gasteiger partial charge in [-0.3, -0.25) is 0 Å². The third-order valence-electron chi connectivity index (χ3n) is 3.44. The van der Waals surface area contributed by atoms with Gasteiger partial charge in [0.05, 0.1) is 15.6 Å². The number of anilines is 1. The summed E-state index contributed by atoms with van der Waals surface area (Å²) < 4.78 is 40.1. The van der Waals surface area contributed by atoms with E-state index < -0.39 is 17.7 Å². The number of alkyl halides is 3. The van der Waals surface area contributed by atoms with Crippen molar-refractivity contribution < 1.29 is 13.2 Å². The summed E-state index contributed by atoms with van der Waals surface area (Å²) >= 11 is 17.9. The SMILES string of the molecule is CN(C)c1cccc(C(F)(F)F)c1C1C=C(Cl)C(Cl)=C(Cl)C1. The van der Waals surface area contributed by atoms with Crippen LogP contribution >= 0.6 is 34.8 Å². The van der Waals surface area contributed by atoms with E-state index in [1.165, 1.54) is 12.1 Å². The van der Waals surface area contributed by atoms with E-state index in [2.05, 4.69) is 0 Å². The molecule has 22 heavy (non-hydrogen) atoms. The van der Waals surface area contributed by atoms with Crippen LogP contribution in [-0.2, 0) is 6.18 Å². The van der Waals surface area contributed by atoms with Crippen LogP contribution in [0.25, 0.3) is 0 Å². The van der Waals surface area contributed by atoms with Crippen LogP contribution in [0.15, 0.2) is 39.4 Å². The zero-order valence-electron chi connectivity index (χ0n) is 11.8. The summed E-state index contributed by atoms with van der Waals surface area (Å²) in [5.41, 5.74) is -0.0598. The molecular formula is C15H13Cl3F3N. The van der Waals surface area contributed by atoms with Crippen molar-refractivity contribution in [2.75, 3.05) is 19.0 Å². The number of nitrogens with zero attached hydrogens (tertiary/aromatic N) is 1. The maximum atomic E-state index is 13.4. The maximum Gasteiger partial charge on any atom is 0.416 e. The van der Waals surface area contributed by atoms with Crippen LogP contribution in [0.5, 0.6) is 0 Å². The molecule has 1 nitrogen and oxygen atoms in total. The molecule has 0 saturated carbocycles. The molecule has 0 saturated heterocycles. The topological polar surface area (TPSA) is 3.24 Å². The molecule has 1 aromatic carbocycles. The van der Waals surface area contributed by atoms with Crippen LogP contribution in [0.1, 0.15) is 23.5 Å². The molecule has 1 aromatic rings. The molecule has 0 aromatic heterocycles. The molecule has 120 valence electrons. The molecule has 0 bridgehead atoms. The summed E-state index contributed by atoms with van der Waals surface area (Å²) in [6, 6.07) is 4.10. The minimum Gasteiger partial charge on any atom is -0.377 e. The highest BCUT2D eigenvalue weighted by Gasteiger charge is 2.37. The Bertz CT molecular complexity index is 648. The lowest BCUT2D eigenvalue weighted by Gasteiger charge is -2.28. The summed E-state index contributed by atoms with van der Waals surface area (Å²) in [6.45, 7) is 0. The zero-order chi connectivity index (χ0) is 16.7. The molecule has 1 aliphatic carbocycles. The van der Waals surface area contributed by atoms with Crippen molar-refractivity contribution in [2.24, 2.45) is 0 Å². The molecule has 2 rings (SSSR count). The first-order valence-electron chi connectivity index (χ1n) is 6.42. The van der Waals surface area contributed by atoms with Crippen molar-refractivity contribution in [3.05, 3.63) is 50.5 Å². The predicted molar refractivity (Wildman–Crippen MR) is 85.8 cm³/mol. The highest BCUT2D eigenvalue weighted by Crippen LogP contribution is 2.46. The quantitative estimate of drug-likeness (QED) is 0.610. The first-order chi connectivity index (χ1) is 10.1. The van der Waals surface area contributed by atoms with E-state index in [-0.39, 0.29) is 27.1 Å². The average Bonchev–Trinajstić information content (AvgIpc) is 2.42. The molecule has 0 spiro atoms. The second-order valence-electron chi connectivity index (χ2n) is 5.17. The lowest BCUT2D eigenvalue weighted by atomic mass is 9.87. The van der Waals surface area contributed by atoms with Gasteiger partial charge in [-0.2, -0.15) is 13.2 Å². The van der Waals surface area contributed by atoms with Crippen molar-refractivity contribution in [3.63, 3.8) is 0 Å². The van der Waals surface area contributed by atoms with Crippen molar-refractivity contribution in [2.45, 2.75) is 18.5 Å². The van der Waals surface area contributed by atoms with E-state index in [0.29, 0.717) is 5.69 Å². The normalized spacial score (nSPS) is 19.3. The largest absolute Gasteiger partial charge is 0.416 e. The van der Waals surface area contributed by atoms with Crippen LogP contribution in [0.3, 0.4) is 0 Å². The Morgan fingerprint density at radius 1 is 1.14 bits per heavy atom. The lowest BCUT2D eigenvalue weighted by Crippen LogP contribution is -2.19. The molecule has 0 radical (unpaired) electrons. The fourth-order valence-electron chi connectivity index (χ4n) is 2.49. The zero-order valence-corrected chi connectivity index (χ0v) is 14.1. The van der Waals surface area contributed by atoms with Gasteiger partial charge < -0.3 is 4.90 Å². The maximum absolute atomic E-state index is 13.4. The number of hydrogen-bond acceptors (Lipinski definition) is 1. The summed E-state index contributed by atoms with van der Waals surface area (Å²) in [7, 11) is 3.38. The van der Waals surface area contributed by atoms with Gasteiger partial charge in [-0.25, -0.2) is 0 Å². The number of hydrogen-bond donors (Lipinski definition) is 0. The Labute approximate surface area is 141 Å². The molecule has 1 unspecified atom stereocenters. The fraction of sp³-hybridized carbons (Fsp3) is 0.333. The van der Waals surface area contributed by atoms with Crippen LogP contribution in [0, 0.1) is 0 Å². The third kappa shape index (κ3) is 3.39. The third-order valence-corrected chi connectivity index (χ3v) is 4.72. The first-order valence-corrected chi connectivity index (χ1v) is 7.55. The molecule has 1 aliphatic rings. The Hall–Kier alpha value is -0.840. The molecule has 0 fully saturated rings. The minimum absolute atomic E-state index is 0.153. The number of rotatable bonds is 2. The van der Waals surface area contributed by atoms with Gasteiger partial charge in [-0.1, -0.05) is 46.9 Å². The van der Waals surface area contributed by atoms with E-state index in [0.717, 1.165) is 6.07 Å². The fourth-order valence-corrected chi connectivity index (χ4v) is 3.21. The Balaban J connectivity index is 2.64. The first kappa shape index (κ1) is 17.5.